The molecule has 0 bridgehead atoms. The van der Waals surface area contributed by atoms with Crippen molar-refractivity contribution in [3.05, 3.63) is 38.5 Å². The summed E-state index contributed by atoms with van der Waals surface area (Å²) < 4.78 is 0. The second-order valence-corrected chi connectivity index (χ2v) is 5.11. The molecule has 2 rings (SSSR count). The third-order valence-electron chi connectivity index (χ3n) is 2.57. The summed E-state index contributed by atoms with van der Waals surface area (Å²) in [6, 6.07) is 3.34. The highest BCUT2D eigenvalue weighted by Gasteiger charge is 2.14. The van der Waals surface area contributed by atoms with Crippen LogP contribution < -0.4 is 0 Å². The lowest BCUT2D eigenvalue weighted by atomic mass is 10.1. The van der Waals surface area contributed by atoms with Crippen LogP contribution in [-0.2, 0) is 0 Å². The second kappa shape index (κ2) is 4.62. The summed E-state index contributed by atoms with van der Waals surface area (Å²) in [6.45, 7) is 3.54. The molecule has 0 fully saturated rings. The average molecular weight is 291 g/mol. The van der Waals surface area contributed by atoms with Gasteiger partial charge in [0.25, 0.3) is 0 Å². The van der Waals surface area contributed by atoms with Crippen molar-refractivity contribution < 1.29 is 5.11 Å². The van der Waals surface area contributed by atoms with Crippen LogP contribution >= 0.6 is 34.8 Å². The minimum atomic E-state index is -0.649. The smallest absolute Gasteiger partial charge is 0.0932 e. The number of halogens is 3. The van der Waals surface area contributed by atoms with E-state index in [-0.39, 0.29) is 0 Å². The summed E-state index contributed by atoms with van der Waals surface area (Å²) in [7, 11) is 0. The third kappa shape index (κ3) is 2.23. The normalized spacial score (nSPS) is 13.1. The molecular weight excluding hydrogens is 280 g/mol. The lowest BCUT2D eigenvalue weighted by Gasteiger charge is -2.11. The van der Waals surface area contributed by atoms with Crippen molar-refractivity contribution in [2.24, 2.45) is 0 Å². The van der Waals surface area contributed by atoms with Crippen molar-refractivity contribution >= 4 is 45.7 Å². The minimum absolute atomic E-state index is 0.402. The molecule has 0 saturated carbocycles. The van der Waals surface area contributed by atoms with Crippen LogP contribution in [0.2, 0.25) is 15.1 Å². The Balaban J connectivity index is 2.90. The largest absolute Gasteiger partial charge is 0.387 e. The van der Waals surface area contributed by atoms with Gasteiger partial charge in [-0.2, -0.15) is 0 Å². The van der Waals surface area contributed by atoms with Gasteiger partial charge >= 0.3 is 0 Å². The fraction of sp³-hybridized carbons (Fsp3) is 0.250. The maximum Gasteiger partial charge on any atom is 0.0932 e. The van der Waals surface area contributed by atoms with E-state index in [9.17, 15) is 5.11 Å². The molecule has 1 atom stereocenters. The van der Waals surface area contributed by atoms with Crippen LogP contribution in [0, 0.1) is 6.92 Å². The predicted molar refractivity (Wildman–Crippen MR) is 72.1 cm³/mol. The Bertz CT molecular complexity index is 596. The monoisotopic (exact) mass is 289 g/mol. The number of benzene rings is 1. The van der Waals surface area contributed by atoms with E-state index in [1.165, 1.54) is 0 Å². The zero-order chi connectivity index (χ0) is 12.7. The number of fused-ring (bicyclic) bond motifs is 1. The topological polar surface area (TPSA) is 33.1 Å². The molecule has 0 aliphatic rings. The van der Waals surface area contributed by atoms with E-state index in [1.807, 2.05) is 6.92 Å². The van der Waals surface area contributed by atoms with Gasteiger partial charge in [0.1, 0.15) is 0 Å². The molecule has 2 aromatic rings. The molecule has 0 spiro atoms. The van der Waals surface area contributed by atoms with Gasteiger partial charge in [0.05, 0.1) is 32.4 Å². The van der Waals surface area contributed by atoms with Crippen molar-refractivity contribution in [3.63, 3.8) is 0 Å². The van der Waals surface area contributed by atoms with Crippen LogP contribution in [0.3, 0.4) is 0 Å². The number of pyridine rings is 1. The molecule has 2 nitrogen and oxygen atoms in total. The summed E-state index contributed by atoms with van der Waals surface area (Å²) in [4.78, 5) is 4.31. The number of aliphatic hydroxyl groups excluding tert-OH is 1. The number of nitrogens with zero attached hydrogens (tertiary/aromatic N) is 1. The molecule has 1 unspecified atom stereocenters. The van der Waals surface area contributed by atoms with Gasteiger partial charge in [-0.15, -0.1) is 0 Å². The molecule has 1 N–H and O–H groups in total. The van der Waals surface area contributed by atoms with Gasteiger partial charge < -0.3 is 5.11 Å². The Kier molecular flexibility index (Phi) is 3.50. The molecule has 5 heteroatoms. The Morgan fingerprint density at radius 3 is 2.41 bits per heavy atom. The fourth-order valence-electron chi connectivity index (χ4n) is 1.72. The van der Waals surface area contributed by atoms with Crippen molar-refractivity contribution in [3.8, 4) is 0 Å². The van der Waals surface area contributed by atoms with Crippen LogP contribution in [0.4, 0.5) is 0 Å². The van der Waals surface area contributed by atoms with E-state index in [0.29, 0.717) is 26.3 Å². The van der Waals surface area contributed by atoms with E-state index in [1.54, 1.807) is 19.1 Å². The number of hydrogen-bond acceptors (Lipinski definition) is 2. The number of aromatic nitrogens is 1. The average Bonchev–Trinajstić information content (AvgIpc) is 2.25. The highest BCUT2D eigenvalue weighted by atomic mass is 35.5. The minimum Gasteiger partial charge on any atom is -0.387 e. The first-order chi connectivity index (χ1) is 7.91. The number of rotatable bonds is 1. The van der Waals surface area contributed by atoms with Crippen LogP contribution in [0.1, 0.15) is 24.3 Å². The lowest BCUT2D eigenvalue weighted by Crippen LogP contribution is -1.98. The second-order valence-electron chi connectivity index (χ2n) is 3.92. The molecular formula is C12H10Cl3NO. The van der Waals surface area contributed by atoms with Gasteiger partial charge in [-0.25, -0.2) is 4.98 Å². The highest BCUT2D eigenvalue weighted by Crippen LogP contribution is 2.37. The van der Waals surface area contributed by atoms with Gasteiger partial charge in [0, 0.05) is 5.39 Å². The van der Waals surface area contributed by atoms with Crippen LogP contribution in [-0.4, -0.2) is 10.1 Å². The Morgan fingerprint density at radius 2 is 1.82 bits per heavy atom. The molecule has 17 heavy (non-hydrogen) atoms. The third-order valence-corrected chi connectivity index (χ3v) is 3.65. The molecule has 1 aromatic heterocycles. The molecule has 1 heterocycles. The quantitative estimate of drug-likeness (QED) is 0.781. The highest BCUT2D eigenvalue weighted by molar-refractivity contribution is 6.47. The summed E-state index contributed by atoms with van der Waals surface area (Å²) in [5.74, 6) is 0. The van der Waals surface area contributed by atoms with Crippen LogP contribution in [0.25, 0.3) is 10.9 Å². The first-order valence-electron chi connectivity index (χ1n) is 5.04. The summed E-state index contributed by atoms with van der Waals surface area (Å²) in [5, 5.41) is 11.6. The van der Waals surface area contributed by atoms with Crippen molar-refractivity contribution in [1.82, 2.24) is 4.98 Å². The Labute approximate surface area is 114 Å². The number of aliphatic hydroxyl groups is 1. The van der Waals surface area contributed by atoms with Crippen LogP contribution in [0.5, 0.6) is 0 Å². The maximum absolute atomic E-state index is 9.56. The van der Waals surface area contributed by atoms with Gasteiger partial charge in [-0.1, -0.05) is 34.8 Å². The van der Waals surface area contributed by atoms with Crippen LogP contribution in [0.15, 0.2) is 12.1 Å². The maximum atomic E-state index is 9.56. The summed E-state index contributed by atoms with van der Waals surface area (Å²) >= 11 is 18.2. The molecule has 1 aromatic carbocycles. The van der Waals surface area contributed by atoms with Gasteiger partial charge in [0.2, 0.25) is 0 Å². The van der Waals surface area contributed by atoms with Gasteiger partial charge in [-0.05, 0) is 31.5 Å². The molecule has 0 radical (unpaired) electrons. The number of hydrogen-bond donors (Lipinski definition) is 1. The predicted octanol–water partition coefficient (Wildman–Crippen LogP) is 4.56. The molecule has 90 valence electrons. The number of aryl methyl sites for hydroxylation is 1. The van der Waals surface area contributed by atoms with Crippen molar-refractivity contribution in [2.45, 2.75) is 20.0 Å². The Morgan fingerprint density at radius 1 is 1.18 bits per heavy atom. The fourth-order valence-corrected chi connectivity index (χ4v) is 2.52. The van der Waals surface area contributed by atoms with E-state index in [2.05, 4.69) is 4.98 Å². The van der Waals surface area contributed by atoms with E-state index in [0.717, 1.165) is 10.9 Å². The zero-order valence-electron chi connectivity index (χ0n) is 9.26. The van der Waals surface area contributed by atoms with Crippen molar-refractivity contribution in [2.75, 3.05) is 0 Å². The standard InChI is InChI=1S/C12H10Cl3NO/c1-5-3-9(6(2)17)16-12-8(14)4-7(13)11(15)10(5)12/h3-4,6,17H,1-2H3. The Hall–Kier alpha value is -0.540. The van der Waals surface area contributed by atoms with E-state index < -0.39 is 6.10 Å². The summed E-state index contributed by atoms with van der Waals surface area (Å²) in [5.41, 5.74) is 2.02. The van der Waals surface area contributed by atoms with Gasteiger partial charge in [0.15, 0.2) is 0 Å². The SMILES string of the molecule is Cc1cc(C(C)O)nc2c(Cl)cc(Cl)c(Cl)c12. The molecule has 0 aliphatic carbocycles. The van der Waals surface area contributed by atoms with E-state index >= 15 is 0 Å². The molecule has 0 amide bonds. The van der Waals surface area contributed by atoms with Gasteiger partial charge in [-0.3, -0.25) is 0 Å². The summed E-state index contributed by atoms with van der Waals surface area (Å²) in [6.07, 6.45) is -0.649. The molecule has 0 saturated heterocycles. The van der Waals surface area contributed by atoms with E-state index in [4.69, 9.17) is 34.8 Å². The van der Waals surface area contributed by atoms with Crippen molar-refractivity contribution in [1.29, 1.82) is 0 Å². The first-order valence-corrected chi connectivity index (χ1v) is 6.18. The lowest BCUT2D eigenvalue weighted by molar-refractivity contribution is 0.194. The molecule has 0 aliphatic heterocycles. The first kappa shape index (κ1) is 12.9. The zero-order valence-corrected chi connectivity index (χ0v) is 11.5.